The van der Waals surface area contributed by atoms with Gasteiger partial charge in [-0.05, 0) is 12.1 Å². The number of hydrogen-bond acceptors (Lipinski definition) is 4. The zero-order valence-corrected chi connectivity index (χ0v) is 11.1. The van der Waals surface area contributed by atoms with Gasteiger partial charge in [-0.25, -0.2) is 0 Å². The third-order valence-corrected chi connectivity index (χ3v) is 2.85. The Bertz CT molecular complexity index is 412. The van der Waals surface area contributed by atoms with Crippen molar-refractivity contribution in [1.82, 2.24) is 0 Å². The van der Waals surface area contributed by atoms with Crippen LogP contribution in [-0.4, -0.2) is 44.4 Å². The molecule has 0 bridgehead atoms. The quantitative estimate of drug-likeness (QED) is 0.512. The smallest absolute Gasteiger partial charge is 0.126 e. The fourth-order valence-electron chi connectivity index (χ4n) is 1.72. The molecule has 1 aromatic carbocycles. The van der Waals surface area contributed by atoms with Crippen molar-refractivity contribution in [3.63, 3.8) is 0 Å². The molecule has 0 aliphatic carbocycles. The van der Waals surface area contributed by atoms with Gasteiger partial charge >= 0.3 is 0 Å². The molecule has 1 aromatic rings. The van der Waals surface area contributed by atoms with Crippen LogP contribution in [0.3, 0.4) is 0 Å². The number of rotatable bonds is 7. The van der Waals surface area contributed by atoms with Gasteiger partial charge in [-0.15, -0.1) is 0 Å². The molecule has 0 saturated carbocycles. The average molecular weight is 272 g/mol. The fourth-order valence-corrected chi connectivity index (χ4v) is 1.99. The number of amidine groups is 1. The minimum Gasteiger partial charge on any atom is -0.395 e. The summed E-state index contributed by atoms with van der Waals surface area (Å²) >= 11 is 6.06. The first kappa shape index (κ1) is 14.8. The zero-order chi connectivity index (χ0) is 13.5. The van der Waals surface area contributed by atoms with Crippen LogP contribution in [0.1, 0.15) is 5.56 Å². The SMILES string of the molecule is COCCN(CCO)c1cccc(Cl)c1C(=N)N. The number of halogens is 1. The van der Waals surface area contributed by atoms with Crippen LogP contribution in [0.4, 0.5) is 5.69 Å². The van der Waals surface area contributed by atoms with Gasteiger partial charge < -0.3 is 20.5 Å². The molecule has 0 saturated heterocycles. The summed E-state index contributed by atoms with van der Waals surface area (Å²) < 4.78 is 5.03. The summed E-state index contributed by atoms with van der Waals surface area (Å²) in [5, 5.41) is 17.1. The van der Waals surface area contributed by atoms with Crippen LogP contribution in [0.5, 0.6) is 0 Å². The Morgan fingerprint density at radius 3 is 2.78 bits per heavy atom. The summed E-state index contributed by atoms with van der Waals surface area (Å²) in [7, 11) is 1.61. The van der Waals surface area contributed by atoms with Crippen LogP contribution >= 0.6 is 11.6 Å². The Balaban J connectivity index is 3.10. The minimum atomic E-state index is -0.0871. The van der Waals surface area contributed by atoms with Crippen LogP contribution in [0.25, 0.3) is 0 Å². The molecule has 0 aliphatic heterocycles. The molecule has 0 atom stereocenters. The Morgan fingerprint density at radius 2 is 2.22 bits per heavy atom. The van der Waals surface area contributed by atoms with Crippen LogP contribution in [-0.2, 0) is 4.74 Å². The molecule has 0 aliphatic rings. The first-order valence-electron chi connectivity index (χ1n) is 5.59. The summed E-state index contributed by atoms with van der Waals surface area (Å²) in [6.45, 7) is 1.55. The third-order valence-electron chi connectivity index (χ3n) is 2.54. The van der Waals surface area contributed by atoms with E-state index in [1.54, 1.807) is 19.2 Å². The summed E-state index contributed by atoms with van der Waals surface area (Å²) in [6, 6.07) is 5.31. The molecule has 0 heterocycles. The van der Waals surface area contributed by atoms with Crippen molar-refractivity contribution < 1.29 is 9.84 Å². The number of aliphatic hydroxyl groups is 1. The average Bonchev–Trinajstić information content (AvgIpc) is 2.33. The van der Waals surface area contributed by atoms with E-state index in [0.29, 0.717) is 30.3 Å². The van der Waals surface area contributed by atoms with Gasteiger partial charge in [0.1, 0.15) is 5.84 Å². The Morgan fingerprint density at radius 1 is 1.50 bits per heavy atom. The molecule has 6 heteroatoms. The Hall–Kier alpha value is -1.30. The second-order valence-electron chi connectivity index (χ2n) is 3.75. The van der Waals surface area contributed by atoms with Crippen LogP contribution in [0, 0.1) is 5.41 Å². The number of benzene rings is 1. The molecule has 0 spiro atoms. The number of nitrogen functional groups attached to an aromatic ring is 1. The number of hydrogen-bond donors (Lipinski definition) is 3. The summed E-state index contributed by atoms with van der Waals surface area (Å²) in [5.41, 5.74) is 6.78. The van der Waals surface area contributed by atoms with Crippen LogP contribution in [0.2, 0.25) is 5.02 Å². The number of anilines is 1. The second-order valence-corrected chi connectivity index (χ2v) is 4.16. The zero-order valence-electron chi connectivity index (χ0n) is 10.3. The predicted molar refractivity (Wildman–Crippen MR) is 73.6 cm³/mol. The van der Waals surface area contributed by atoms with Gasteiger partial charge in [0.15, 0.2) is 0 Å². The van der Waals surface area contributed by atoms with Gasteiger partial charge in [0.25, 0.3) is 0 Å². The van der Waals surface area contributed by atoms with E-state index >= 15 is 0 Å². The maximum atomic E-state index is 9.10. The number of nitrogens with zero attached hydrogens (tertiary/aromatic N) is 1. The second kappa shape index (κ2) is 7.20. The molecular weight excluding hydrogens is 254 g/mol. The maximum absolute atomic E-state index is 9.10. The number of methoxy groups -OCH3 is 1. The van der Waals surface area contributed by atoms with Gasteiger partial charge in [-0.3, -0.25) is 5.41 Å². The lowest BCUT2D eigenvalue weighted by molar-refractivity contribution is 0.203. The molecule has 18 heavy (non-hydrogen) atoms. The van der Waals surface area contributed by atoms with Gasteiger partial charge in [0.05, 0.1) is 23.8 Å². The predicted octanol–water partition coefficient (Wildman–Crippen LogP) is 1.07. The maximum Gasteiger partial charge on any atom is 0.126 e. The number of nitrogens with one attached hydrogen (secondary N) is 1. The Kier molecular flexibility index (Phi) is 5.91. The van der Waals surface area contributed by atoms with E-state index in [9.17, 15) is 0 Å². The Labute approximate surface area is 112 Å². The van der Waals surface area contributed by atoms with Gasteiger partial charge in [-0.1, -0.05) is 17.7 Å². The van der Waals surface area contributed by atoms with E-state index < -0.39 is 0 Å². The van der Waals surface area contributed by atoms with Crippen molar-refractivity contribution in [3.05, 3.63) is 28.8 Å². The molecule has 0 unspecified atom stereocenters. The molecule has 0 aromatic heterocycles. The van der Waals surface area contributed by atoms with Crippen LogP contribution < -0.4 is 10.6 Å². The van der Waals surface area contributed by atoms with Gasteiger partial charge in [0.2, 0.25) is 0 Å². The normalized spacial score (nSPS) is 10.4. The highest BCUT2D eigenvalue weighted by molar-refractivity contribution is 6.34. The first-order valence-corrected chi connectivity index (χ1v) is 5.97. The standard InChI is InChI=1S/C12H18ClN3O2/c1-18-8-6-16(5-7-17)10-4-2-3-9(13)11(10)12(14)15/h2-4,17H,5-8H2,1H3,(H3,14,15). The van der Waals surface area contributed by atoms with E-state index in [4.69, 9.17) is 32.6 Å². The van der Waals surface area contributed by atoms with E-state index in [1.165, 1.54) is 0 Å². The highest BCUT2D eigenvalue weighted by Crippen LogP contribution is 2.26. The van der Waals surface area contributed by atoms with E-state index in [-0.39, 0.29) is 12.4 Å². The number of nitrogens with two attached hydrogens (primary N) is 1. The summed E-state index contributed by atoms with van der Waals surface area (Å²) in [6.07, 6.45) is 0. The van der Waals surface area contributed by atoms with E-state index in [1.807, 2.05) is 11.0 Å². The molecule has 1 rings (SSSR count). The van der Waals surface area contributed by atoms with Gasteiger partial charge in [0, 0.05) is 25.9 Å². The molecule has 0 fully saturated rings. The lowest BCUT2D eigenvalue weighted by atomic mass is 10.1. The highest BCUT2D eigenvalue weighted by atomic mass is 35.5. The third kappa shape index (κ3) is 3.60. The summed E-state index contributed by atoms with van der Waals surface area (Å²) in [5.74, 6) is -0.0871. The van der Waals surface area contributed by atoms with Crippen molar-refractivity contribution in [3.8, 4) is 0 Å². The van der Waals surface area contributed by atoms with Crippen LogP contribution in [0.15, 0.2) is 18.2 Å². The molecule has 5 nitrogen and oxygen atoms in total. The fraction of sp³-hybridized carbons (Fsp3) is 0.417. The minimum absolute atomic E-state index is 0.00751. The lowest BCUT2D eigenvalue weighted by Crippen LogP contribution is -2.32. The summed E-state index contributed by atoms with van der Waals surface area (Å²) in [4.78, 5) is 1.89. The van der Waals surface area contributed by atoms with Gasteiger partial charge in [-0.2, -0.15) is 0 Å². The lowest BCUT2D eigenvalue weighted by Gasteiger charge is -2.26. The van der Waals surface area contributed by atoms with E-state index in [0.717, 1.165) is 5.69 Å². The first-order chi connectivity index (χ1) is 8.61. The van der Waals surface area contributed by atoms with Crippen molar-refractivity contribution in [2.24, 2.45) is 5.73 Å². The number of ether oxygens (including phenoxy) is 1. The number of aliphatic hydroxyl groups excluding tert-OH is 1. The molecular formula is C12H18ClN3O2. The molecule has 4 N–H and O–H groups in total. The highest BCUT2D eigenvalue weighted by Gasteiger charge is 2.15. The van der Waals surface area contributed by atoms with Crippen molar-refractivity contribution >= 4 is 23.1 Å². The van der Waals surface area contributed by atoms with Crippen molar-refractivity contribution in [2.75, 3.05) is 38.3 Å². The van der Waals surface area contributed by atoms with Crippen molar-refractivity contribution in [1.29, 1.82) is 5.41 Å². The largest absolute Gasteiger partial charge is 0.395 e. The molecule has 100 valence electrons. The van der Waals surface area contributed by atoms with Crippen molar-refractivity contribution in [2.45, 2.75) is 0 Å². The van der Waals surface area contributed by atoms with E-state index in [2.05, 4.69) is 0 Å². The topological polar surface area (TPSA) is 82.6 Å². The monoisotopic (exact) mass is 271 g/mol. The molecule has 0 radical (unpaired) electrons. The molecule has 0 amide bonds.